The lowest BCUT2D eigenvalue weighted by atomic mass is 9.69. The van der Waals surface area contributed by atoms with Crippen molar-refractivity contribution in [3.8, 4) is 0 Å². The average molecular weight is 251 g/mol. The summed E-state index contributed by atoms with van der Waals surface area (Å²) in [6, 6.07) is 0.108. The molecule has 1 N–H and O–H groups in total. The smallest absolute Gasteiger partial charge is 0.292 e. The van der Waals surface area contributed by atoms with Gasteiger partial charge in [-0.05, 0) is 31.1 Å². The van der Waals surface area contributed by atoms with Gasteiger partial charge in [0.1, 0.15) is 0 Å². The predicted octanol–water partition coefficient (Wildman–Crippen LogP) is 3.43. The van der Waals surface area contributed by atoms with Crippen LogP contribution in [0.25, 0.3) is 0 Å². The summed E-state index contributed by atoms with van der Waals surface area (Å²) in [5, 5.41) is 0. The minimum absolute atomic E-state index is 0.108. The molecule has 2 nitrogen and oxygen atoms in total. The molecule has 0 saturated heterocycles. The van der Waals surface area contributed by atoms with Gasteiger partial charge in [0.2, 0.25) is 0 Å². The predicted molar refractivity (Wildman–Crippen MR) is 58.2 cm³/mol. The molecule has 0 heterocycles. The average Bonchev–Trinajstić information content (AvgIpc) is 2.27. The largest absolute Gasteiger partial charge is 0.413 e. The maximum absolute atomic E-state index is 11.9. The Bertz CT molecular complexity index is 244. The second-order valence-electron chi connectivity index (χ2n) is 5.34. The maximum atomic E-state index is 11.9. The van der Waals surface area contributed by atoms with Gasteiger partial charge in [0.25, 0.3) is 0 Å². The van der Waals surface area contributed by atoms with Gasteiger partial charge in [-0.25, -0.2) is 0 Å². The first kappa shape index (κ1) is 13.1. The van der Waals surface area contributed by atoms with Gasteiger partial charge in [0.15, 0.2) is 6.61 Å². The maximum Gasteiger partial charge on any atom is 0.413 e. The van der Waals surface area contributed by atoms with Crippen LogP contribution in [0, 0.1) is 11.8 Å². The Morgan fingerprint density at radius 2 is 1.71 bits per heavy atom. The van der Waals surface area contributed by atoms with Crippen LogP contribution in [0.1, 0.15) is 44.9 Å². The summed E-state index contributed by atoms with van der Waals surface area (Å²) in [5.74, 6) is 1.51. The number of fused-ring (bicyclic) bond motifs is 1. The number of nitrogens with one attached hydrogen (secondary N) is 1. The van der Waals surface area contributed by atoms with Gasteiger partial charge in [-0.15, -0.1) is 0 Å². The highest BCUT2D eigenvalue weighted by molar-refractivity contribution is 4.84. The van der Waals surface area contributed by atoms with E-state index in [2.05, 4.69) is 10.3 Å². The molecule has 2 aliphatic rings. The van der Waals surface area contributed by atoms with E-state index < -0.39 is 12.8 Å². The van der Waals surface area contributed by atoms with E-state index in [9.17, 15) is 13.2 Å². The van der Waals surface area contributed by atoms with E-state index in [1.54, 1.807) is 0 Å². The second-order valence-corrected chi connectivity index (χ2v) is 5.34. The zero-order valence-corrected chi connectivity index (χ0v) is 9.93. The molecule has 2 fully saturated rings. The highest BCUT2D eigenvalue weighted by Crippen LogP contribution is 2.40. The first-order valence-corrected chi connectivity index (χ1v) is 6.48. The number of hydrogen-bond acceptors (Lipinski definition) is 2. The van der Waals surface area contributed by atoms with Crippen molar-refractivity contribution in [2.24, 2.45) is 11.8 Å². The summed E-state index contributed by atoms with van der Waals surface area (Å²) in [6.45, 7) is -1.20. The highest BCUT2D eigenvalue weighted by Gasteiger charge is 2.33. The zero-order valence-electron chi connectivity index (χ0n) is 9.93. The molecule has 0 aromatic heterocycles. The standard InChI is InChI=1S/C12H20F3NO/c13-12(14,15)8-17-16-11-6-5-9-3-1-2-4-10(9)7-11/h9-11,16H,1-8H2. The Morgan fingerprint density at radius 1 is 1.00 bits per heavy atom. The van der Waals surface area contributed by atoms with Crippen LogP contribution in [0.4, 0.5) is 13.2 Å². The van der Waals surface area contributed by atoms with Gasteiger partial charge in [0.05, 0.1) is 0 Å². The van der Waals surface area contributed by atoms with Crippen molar-refractivity contribution in [2.75, 3.05) is 6.61 Å². The molecule has 3 atom stereocenters. The molecule has 2 rings (SSSR count). The summed E-state index contributed by atoms with van der Waals surface area (Å²) in [7, 11) is 0. The normalized spacial score (nSPS) is 34.4. The van der Waals surface area contributed by atoms with Crippen LogP contribution < -0.4 is 5.48 Å². The number of hydrogen-bond donors (Lipinski definition) is 1. The molecule has 0 spiro atoms. The monoisotopic (exact) mass is 251 g/mol. The second kappa shape index (κ2) is 5.57. The molecule has 0 aliphatic heterocycles. The molecule has 5 heteroatoms. The fraction of sp³-hybridized carbons (Fsp3) is 1.00. The van der Waals surface area contributed by atoms with E-state index in [4.69, 9.17) is 0 Å². The molecular weight excluding hydrogens is 231 g/mol. The van der Waals surface area contributed by atoms with Gasteiger partial charge < -0.3 is 0 Å². The summed E-state index contributed by atoms with van der Waals surface area (Å²) in [5.41, 5.74) is 2.59. The first-order chi connectivity index (χ1) is 8.04. The van der Waals surface area contributed by atoms with Crippen LogP contribution in [-0.4, -0.2) is 18.8 Å². The van der Waals surface area contributed by atoms with Gasteiger partial charge in [-0.2, -0.15) is 18.7 Å². The van der Waals surface area contributed by atoms with E-state index in [1.807, 2.05) is 0 Å². The van der Waals surface area contributed by atoms with Gasteiger partial charge in [0, 0.05) is 6.04 Å². The van der Waals surface area contributed by atoms with Crippen LogP contribution in [0.3, 0.4) is 0 Å². The lowest BCUT2D eigenvalue weighted by Crippen LogP contribution is -2.40. The fourth-order valence-electron chi connectivity index (χ4n) is 3.22. The summed E-state index contributed by atoms with van der Waals surface area (Å²) in [6.07, 6.45) is 3.96. The summed E-state index contributed by atoms with van der Waals surface area (Å²) in [4.78, 5) is 4.54. The van der Waals surface area contributed by atoms with Crippen molar-refractivity contribution >= 4 is 0 Å². The third-order valence-corrected chi connectivity index (χ3v) is 4.03. The van der Waals surface area contributed by atoms with Gasteiger partial charge in [-0.3, -0.25) is 4.84 Å². The van der Waals surface area contributed by atoms with Crippen molar-refractivity contribution < 1.29 is 18.0 Å². The molecular formula is C12H20F3NO. The molecule has 2 aliphatic carbocycles. The minimum Gasteiger partial charge on any atom is -0.292 e. The summed E-state index contributed by atoms with van der Waals surface area (Å²) < 4.78 is 35.7. The van der Waals surface area contributed by atoms with Crippen molar-refractivity contribution in [1.82, 2.24) is 5.48 Å². The minimum atomic E-state index is -4.24. The van der Waals surface area contributed by atoms with E-state index in [1.165, 1.54) is 25.7 Å². The molecule has 0 aromatic carbocycles. The Labute approximate surface area is 99.9 Å². The third-order valence-electron chi connectivity index (χ3n) is 4.03. The summed E-state index contributed by atoms with van der Waals surface area (Å²) >= 11 is 0. The number of rotatable bonds is 3. The number of halogens is 3. The molecule has 3 unspecified atom stereocenters. The Kier molecular flexibility index (Phi) is 4.31. The van der Waals surface area contributed by atoms with Crippen molar-refractivity contribution in [1.29, 1.82) is 0 Å². The van der Waals surface area contributed by atoms with Gasteiger partial charge in [-0.1, -0.05) is 25.7 Å². The van der Waals surface area contributed by atoms with E-state index >= 15 is 0 Å². The molecule has 0 radical (unpaired) electrons. The van der Waals surface area contributed by atoms with Crippen LogP contribution in [0.15, 0.2) is 0 Å². The molecule has 17 heavy (non-hydrogen) atoms. The van der Waals surface area contributed by atoms with Crippen LogP contribution in [0.2, 0.25) is 0 Å². The van der Waals surface area contributed by atoms with E-state index in [0.717, 1.165) is 25.2 Å². The molecule has 2 saturated carbocycles. The Balaban J connectivity index is 1.69. The van der Waals surface area contributed by atoms with Crippen LogP contribution in [-0.2, 0) is 4.84 Å². The SMILES string of the molecule is FC(F)(F)CONC1CCC2CCCCC2C1. The zero-order chi connectivity index (χ0) is 12.3. The first-order valence-electron chi connectivity index (χ1n) is 6.48. The highest BCUT2D eigenvalue weighted by atomic mass is 19.4. The third kappa shape index (κ3) is 4.14. The topological polar surface area (TPSA) is 21.3 Å². The molecule has 0 amide bonds. The van der Waals surface area contributed by atoms with Crippen molar-refractivity contribution in [3.63, 3.8) is 0 Å². The van der Waals surface area contributed by atoms with Gasteiger partial charge >= 0.3 is 6.18 Å². The number of alkyl halides is 3. The van der Waals surface area contributed by atoms with E-state index in [0.29, 0.717) is 5.92 Å². The van der Waals surface area contributed by atoms with E-state index in [-0.39, 0.29) is 6.04 Å². The number of hydroxylamine groups is 1. The molecule has 0 bridgehead atoms. The lowest BCUT2D eigenvalue weighted by Gasteiger charge is -2.39. The quantitative estimate of drug-likeness (QED) is 0.776. The lowest BCUT2D eigenvalue weighted by molar-refractivity contribution is -0.194. The fourth-order valence-corrected chi connectivity index (χ4v) is 3.22. The Morgan fingerprint density at radius 3 is 2.41 bits per heavy atom. The van der Waals surface area contributed by atoms with Crippen molar-refractivity contribution in [2.45, 2.75) is 57.2 Å². The van der Waals surface area contributed by atoms with Crippen LogP contribution in [0.5, 0.6) is 0 Å². The van der Waals surface area contributed by atoms with Crippen LogP contribution >= 0.6 is 0 Å². The Hall–Kier alpha value is -0.290. The molecule has 100 valence electrons. The molecule has 0 aromatic rings. The van der Waals surface area contributed by atoms with Crippen molar-refractivity contribution in [3.05, 3.63) is 0 Å².